The first-order valence-electron chi connectivity index (χ1n) is 27.0. The van der Waals surface area contributed by atoms with Gasteiger partial charge in [-0.1, -0.05) is 231 Å². The van der Waals surface area contributed by atoms with Gasteiger partial charge in [0.1, 0.15) is 6.61 Å². The number of allylic oxidation sites excluding steroid dienone is 2. The van der Waals surface area contributed by atoms with E-state index in [2.05, 4.69) is 26.0 Å². The molecule has 374 valence electrons. The number of carbonyl (C=O) groups is 2. The Morgan fingerprint density at radius 2 is 0.810 bits per heavy atom. The fourth-order valence-corrected chi connectivity index (χ4v) is 8.66. The maximum atomic E-state index is 12.7. The molecule has 0 heterocycles. The first-order chi connectivity index (χ1) is 30.7. The van der Waals surface area contributed by atoms with Crippen molar-refractivity contribution in [2.24, 2.45) is 0 Å². The number of nitrogens with zero attached hydrogens (tertiary/aromatic N) is 1. The number of phosphoric acid groups is 1. The van der Waals surface area contributed by atoms with Gasteiger partial charge in [0.05, 0.1) is 13.2 Å². The summed E-state index contributed by atoms with van der Waals surface area (Å²) in [5.41, 5.74) is 0. The van der Waals surface area contributed by atoms with E-state index < -0.39 is 26.5 Å². The lowest BCUT2D eigenvalue weighted by molar-refractivity contribution is -0.161. The Labute approximate surface area is 390 Å². The van der Waals surface area contributed by atoms with E-state index in [1.54, 1.807) is 0 Å². The number of carbonyl (C=O) groups excluding carboxylic acids is 2. The maximum Gasteiger partial charge on any atom is 0.472 e. The smallest absolute Gasteiger partial charge is 0.462 e. The Morgan fingerprint density at radius 3 is 1.17 bits per heavy atom. The zero-order valence-electron chi connectivity index (χ0n) is 42.0. The Morgan fingerprint density at radius 1 is 0.476 bits per heavy atom. The molecule has 0 aromatic heterocycles. The van der Waals surface area contributed by atoms with E-state index in [9.17, 15) is 19.0 Å². The molecule has 0 saturated carbocycles. The molecule has 0 aromatic rings. The second kappa shape index (κ2) is 48.7. The van der Waals surface area contributed by atoms with Gasteiger partial charge in [-0.2, -0.15) is 0 Å². The van der Waals surface area contributed by atoms with Crippen LogP contribution in [0.5, 0.6) is 0 Å². The largest absolute Gasteiger partial charge is 0.472 e. The minimum absolute atomic E-state index is 0.0111. The molecule has 2 unspecified atom stereocenters. The molecule has 63 heavy (non-hydrogen) atoms. The normalized spacial score (nSPS) is 13.2. The highest BCUT2D eigenvalue weighted by Crippen LogP contribution is 2.43. The molecule has 0 rings (SSSR count). The van der Waals surface area contributed by atoms with Crippen LogP contribution < -0.4 is 0 Å². The SMILES string of the molecule is CCCCCCCC/C=C\CCCCCCCCCCCCCC(=O)OC(COC(=O)CCCCCCCCCCCCCCCCCCCCC)COP(=O)(O)OCCN(C)C. The zero-order valence-corrected chi connectivity index (χ0v) is 42.9. The molecule has 1 N–H and O–H groups in total. The Bertz CT molecular complexity index is 1060. The predicted molar refractivity (Wildman–Crippen MR) is 266 cm³/mol. The lowest BCUT2D eigenvalue weighted by atomic mass is 10.0. The van der Waals surface area contributed by atoms with Crippen LogP contribution in [0, 0.1) is 0 Å². The first kappa shape index (κ1) is 61.8. The summed E-state index contributed by atoms with van der Waals surface area (Å²) in [4.78, 5) is 37.3. The number of unbranched alkanes of at least 4 members (excludes halogenated alkanes) is 35. The van der Waals surface area contributed by atoms with Crippen molar-refractivity contribution in [2.45, 2.75) is 277 Å². The average molecular weight is 914 g/mol. The van der Waals surface area contributed by atoms with Crippen LogP contribution in [-0.2, 0) is 32.7 Å². The first-order valence-corrected chi connectivity index (χ1v) is 28.5. The predicted octanol–water partition coefficient (Wildman–Crippen LogP) is 16.3. The number of likely N-dealkylation sites (N-methyl/N-ethyl adjacent to an activating group) is 1. The Kier molecular flexibility index (Phi) is 47.7. The van der Waals surface area contributed by atoms with Gasteiger partial charge < -0.3 is 19.3 Å². The summed E-state index contributed by atoms with van der Waals surface area (Å²) in [6.07, 6.45) is 52.6. The monoisotopic (exact) mass is 914 g/mol. The van der Waals surface area contributed by atoms with Crippen LogP contribution in [-0.4, -0.2) is 68.3 Å². The van der Waals surface area contributed by atoms with Crippen molar-refractivity contribution in [3.8, 4) is 0 Å². The van der Waals surface area contributed by atoms with Crippen LogP contribution in [0.3, 0.4) is 0 Å². The number of esters is 2. The fourth-order valence-electron chi connectivity index (χ4n) is 7.92. The van der Waals surface area contributed by atoms with Crippen LogP contribution in [0.2, 0.25) is 0 Å². The maximum absolute atomic E-state index is 12.7. The fraction of sp³-hybridized carbons (Fsp3) is 0.925. The molecule has 9 nitrogen and oxygen atoms in total. The quantitative estimate of drug-likeness (QED) is 0.0276. The Hall–Kier alpha value is -1.25. The van der Waals surface area contributed by atoms with Crippen LogP contribution in [0.25, 0.3) is 0 Å². The summed E-state index contributed by atoms with van der Waals surface area (Å²) in [5, 5.41) is 0. The van der Waals surface area contributed by atoms with E-state index in [1.165, 1.54) is 205 Å². The van der Waals surface area contributed by atoms with Crippen molar-refractivity contribution in [2.75, 3.05) is 40.5 Å². The van der Waals surface area contributed by atoms with Gasteiger partial charge in [-0.25, -0.2) is 4.57 Å². The molecule has 0 fully saturated rings. The average Bonchev–Trinajstić information content (AvgIpc) is 3.25. The summed E-state index contributed by atoms with van der Waals surface area (Å²) < 4.78 is 33.7. The van der Waals surface area contributed by atoms with Crippen molar-refractivity contribution < 1.29 is 37.6 Å². The van der Waals surface area contributed by atoms with Crippen molar-refractivity contribution in [3.05, 3.63) is 12.2 Å². The highest BCUT2D eigenvalue weighted by atomic mass is 31.2. The molecule has 0 aliphatic heterocycles. The highest BCUT2D eigenvalue weighted by molar-refractivity contribution is 7.47. The van der Waals surface area contributed by atoms with E-state index in [0.717, 1.165) is 32.1 Å². The summed E-state index contributed by atoms with van der Waals surface area (Å²) >= 11 is 0. The van der Waals surface area contributed by atoms with Crippen molar-refractivity contribution >= 4 is 19.8 Å². The second-order valence-electron chi connectivity index (χ2n) is 18.8. The topological polar surface area (TPSA) is 112 Å². The van der Waals surface area contributed by atoms with E-state index in [-0.39, 0.29) is 25.6 Å². The third kappa shape index (κ3) is 50.0. The molecular weight excluding hydrogens is 810 g/mol. The van der Waals surface area contributed by atoms with Crippen molar-refractivity contribution in [3.63, 3.8) is 0 Å². The van der Waals surface area contributed by atoms with Crippen LogP contribution in [0.4, 0.5) is 0 Å². The molecule has 10 heteroatoms. The van der Waals surface area contributed by atoms with Crippen molar-refractivity contribution in [1.82, 2.24) is 4.90 Å². The van der Waals surface area contributed by atoms with E-state index in [0.29, 0.717) is 19.4 Å². The molecule has 0 aromatic carbocycles. The zero-order chi connectivity index (χ0) is 46.2. The third-order valence-electron chi connectivity index (χ3n) is 12.1. The van der Waals surface area contributed by atoms with E-state index in [1.807, 2.05) is 19.0 Å². The third-order valence-corrected chi connectivity index (χ3v) is 13.1. The molecule has 0 saturated heterocycles. The standard InChI is InChI=1S/C53H104NO8P/c1-5-7-9-11-13-15-17-19-21-23-25-26-28-30-32-34-36-38-40-42-44-46-53(56)62-51(50-61-63(57,58)60-48-47-54(3)4)49-59-52(55)45-43-41-39-37-35-33-31-29-27-24-22-20-18-16-14-12-10-8-6-2/h19,21,51H,5-18,20,22-50H2,1-4H3,(H,57,58)/b21-19-. The Balaban J connectivity index is 4.11. The highest BCUT2D eigenvalue weighted by Gasteiger charge is 2.26. The molecule has 2 atom stereocenters. The van der Waals surface area contributed by atoms with Crippen LogP contribution in [0.15, 0.2) is 12.2 Å². The van der Waals surface area contributed by atoms with Gasteiger partial charge in [0, 0.05) is 19.4 Å². The van der Waals surface area contributed by atoms with Gasteiger partial charge in [-0.3, -0.25) is 18.6 Å². The number of ether oxygens (including phenoxy) is 2. The number of rotatable bonds is 51. The molecule has 0 aliphatic carbocycles. The number of phosphoric ester groups is 1. The molecule has 0 bridgehead atoms. The van der Waals surface area contributed by atoms with Gasteiger partial charge in [0.15, 0.2) is 6.10 Å². The van der Waals surface area contributed by atoms with Gasteiger partial charge in [-0.15, -0.1) is 0 Å². The summed E-state index contributed by atoms with van der Waals surface area (Å²) in [5.74, 6) is -0.785. The minimum Gasteiger partial charge on any atom is -0.462 e. The molecule has 0 radical (unpaired) electrons. The van der Waals surface area contributed by atoms with Gasteiger partial charge >= 0.3 is 19.8 Å². The number of hydrogen-bond donors (Lipinski definition) is 1. The summed E-state index contributed by atoms with van der Waals surface area (Å²) in [6, 6.07) is 0. The minimum atomic E-state index is -4.36. The summed E-state index contributed by atoms with van der Waals surface area (Å²) in [6.45, 7) is 4.38. The second-order valence-corrected chi connectivity index (χ2v) is 20.2. The lowest BCUT2D eigenvalue weighted by Crippen LogP contribution is -2.29. The number of hydrogen-bond acceptors (Lipinski definition) is 8. The molecular formula is C53H104NO8P. The van der Waals surface area contributed by atoms with Crippen LogP contribution in [0.1, 0.15) is 271 Å². The van der Waals surface area contributed by atoms with Crippen LogP contribution >= 0.6 is 7.82 Å². The molecule has 0 spiro atoms. The van der Waals surface area contributed by atoms with Crippen molar-refractivity contribution in [1.29, 1.82) is 0 Å². The summed E-state index contributed by atoms with van der Waals surface area (Å²) in [7, 11) is -0.700. The lowest BCUT2D eigenvalue weighted by Gasteiger charge is -2.20. The van der Waals surface area contributed by atoms with Gasteiger partial charge in [0.2, 0.25) is 0 Å². The molecule has 0 amide bonds. The van der Waals surface area contributed by atoms with E-state index in [4.69, 9.17) is 18.5 Å². The van der Waals surface area contributed by atoms with E-state index >= 15 is 0 Å². The van der Waals surface area contributed by atoms with Gasteiger partial charge in [-0.05, 0) is 52.6 Å². The molecule has 0 aliphatic rings. The van der Waals surface area contributed by atoms with Gasteiger partial charge in [0.25, 0.3) is 0 Å².